The van der Waals surface area contributed by atoms with Crippen LogP contribution in [0.25, 0.3) is 11.1 Å². The first-order chi connectivity index (χ1) is 7.70. The fraction of sp³-hybridized carbons (Fsp3) is 0.100. The third-order valence-electron chi connectivity index (χ3n) is 1.92. The average molecular weight is 217 g/mol. The zero-order chi connectivity index (χ0) is 11.5. The molecule has 1 aromatic carbocycles. The molecule has 1 N–H and O–H groups in total. The normalized spacial score (nSPS) is 9.94. The zero-order valence-electron chi connectivity index (χ0n) is 8.14. The lowest BCUT2D eigenvalue weighted by atomic mass is 10.3. The maximum absolute atomic E-state index is 10.5. The molecule has 0 saturated carbocycles. The van der Waals surface area contributed by atoms with Gasteiger partial charge >= 0.3 is 0 Å². The van der Waals surface area contributed by atoms with Gasteiger partial charge in [0.1, 0.15) is 5.52 Å². The number of benzene rings is 1. The molecule has 0 aliphatic carbocycles. The summed E-state index contributed by atoms with van der Waals surface area (Å²) in [6, 6.07) is 4.47. The summed E-state index contributed by atoms with van der Waals surface area (Å²) in [5.41, 5.74) is 0.878. The van der Waals surface area contributed by atoms with Crippen LogP contribution in [0.3, 0.4) is 0 Å². The van der Waals surface area contributed by atoms with Crippen LogP contribution in [0.4, 0.5) is 11.7 Å². The third kappa shape index (κ3) is 1.79. The Morgan fingerprint density at radius 2 is 2.44 bits per heavy atom. The van der Waals surface area contributed by atoms with Gasteiger partial charge in [0.25, 0.3) is 11.7 Å². The van der Waals surface area contributed by atoms with E-state index in [9.17, 15) is 10.1 Å². The second-order valence-electron chi connectivity index (χ2n) is 2.99. The van der Waals surface area contributed by atoms with Crippen molar-refractivity contribution in [1.29, 1.82) is 0 Å². The van der Waals surface area contributed by atoms with Crippen molar-refractivity contribution in [1.82, 2.24) is 4.98 Å². The minimum atomic E-state index is -0.483. The first kappa shape index (κ1) is 9.98. The van der Waals surface area contributed by atoms with Gasteiger partial charge in [-0.05, 0) is 6.07 Å². The number of non-ortho nitro benzene ring substituents is 1. The van der Waals surface area contributed by atoms with E-state index in [2.05, 4.69) is 16.2 Å². The molecule has 1 aromatic heterocycles. The Hall–Kier alpha value is -2.55. The molecule has 80 valence electrons. The average Bonchev–Trinajstić information content (AvgIpc) is 2.67. The van der Waals surface area contributed by atoms with Gasteiger partial charge in [0.2, 0.25) is 0 Å². The second kappa shape index (κ2) is 3.90. The van der Waals surface area contributed by atoms with Crippen molar-refractivity contribution in [3.8, 4) is 12.3 Å². The number of nitrogens with one attached hydrogen (secondary N) is 1. The van der Waals surface area contributed by atoms with Crippen LogP contribution in [-0.4, -0.2) is 16.5 Å². The Balaban J connectivity index is 2.39. The fourth-order valence-electron chi connectivity index (χ4n) is 1.23. The van der Waals surface area contributed by atoms with Crippen LogP contribution in [0.5, 0.6) is 0 Å². The summed E-state index contributed by atoms with van der Waals surface area (Å²) in [5.74, 6) is 2.37. The first-order valence-electron chi connectivity index (χ1n) is 4.43. The summed E-state index contributed by atoms with van der Waals surface area (Å²) in [7, 11) is 0. The molecule has 6 heteroatoms. The molecule has 0 aliphatic rings. The number of rotatable bonds is 3. The largest absolute Gasteiger partial charge is 0.424 e. The SMILES string of the molecule is C#CCNc1nc2cc([N+](=O)[O-])ccc2o1. The molecular formula is C10H7N3O3. The smallest absolute Gasteiger partial charge is 0.296 e. The molecule has 0 atom stereocenters. The van der Waals surface area contributed by atoms with Crippen molar-refractivity contribution in [2.45, 2.75) is 0 Å². The van der Waals surface area contributed by atoms with E-state index in [4.69, 9.17) is 10.8 Å². The number of aromatic nitrogens is 1. The van der Waals surface area contributed by atoms with Crippen LogP contribution in [0, 0.1) is 22.5 Å². The summed E-state index contributed by atoms with van der Waals surface area (Å²) < 4.78 is 5.26. The lowest BCUT2D eigenvalue weighted by Gasteiger charge is -1.90. The molecule has 2 rings (SSSR count). The Morgan fingerprint density at radius 1 is 1.62 bits per heavy atom. The molecule has 0 spiro atoms. The van der Waals surface area contributed by atoms with Crippen LogP contribution < -0.4 is 5.32 Å². The number of hydrogen-bond donors (Lipinski definition) is 1. The van der Waals surface area contributed by atoms with E-state index in [0.29, 0.717) is 11.1 Å². The van der Waals surface area contributed by atoms with Crippen molar-refractivity contribution in [2.75, 3.05) is 11.9 Å². The van der Waals surface area contributed by atoms with E-state index in [0.717, 1.165) is 0 Å². The van der Waals surface area contributed by atoms with E-state index in [1.807, 2.05) is 0 Å². The van der Waals surface area contributed by atoms with Crippen molar-refractivity contribution in [3.05, 3.63) is 28.3 Å². The Kier molecular flexibility index (Phi) is 2.44. The molecule has 0 amide bonds. The molecule has 0 bridgehead atoms. The molecule has 6 nitrogen and oxygen atoms in total. The molecule has 1 heterocycles. The van der Waals surface area contributed by atoms with Gasteiger partial charge in [-0.25, -0.2) is 0 Å². The monoisotopic (exact) mass is 217 g/mol. The van der Waals surface area contributed by atoms with Gasteiger partial charge in [-0.3, -0.25) is 10.1 Å². The van der Waals surface area contributed by atoms with Gasteiger partial charge < -0.3 is 9.73 Å². The van der Waals surface area contributed by atoms with Crippen molar-refractivity contribution in [2.24, 2.45) is 0 Å². The molecule has 0 fully saturated rings. The van der Waals surface area contributed by atoms with Crippen molar-refractivity contribution >= 4 is 22.8 Å². The molecule has 0 radical (unpaired) electrons. The molecule has 2 aromatic rings. The van der Waals surface area contributed by atoms with Crippen molar-refractivity contribution in [3.63, 3.8) is 0 Å². The Bertz CT molecular complexity index is 582. The highest BCUT2D eigenvalue weighted by Gasteiger charge is 2.10. The van der Waals surface area contributed by atoms with Gasteiger partial charge in [0, 0.05) is 12.1 Å². The number of oxazole rings is 1. The fourth-order valence-corrected chi connectivity index (χ4v) is 1.23. The number of nitro benzene ring substituents is 1. The van der Waals surface area contributed by atoms with Gasteiger partial charge in [-0.2, -0.15) is 4.98 Å². The van der Waals surface area contributed by atoms with Crippen molar-refractivity contribution < 1.29 is 9.34 Å². The number of anilines is 1. The molecular weight excluding hydrogens is 210 g/mol. The molecule has 0 saturated heterocycles. The van der Waals surface area contributed by atoms with Crippen LogP contribution in [0.15, 0.2) is 22.6 Å². The van der Waals surface area contributed by atoms with Crippen LogP contribution in [0.2, 0.25) is 0 Å². The van der Waals surface area contributed by atoms with Crippen LogP contribution >= 0.6 is 0 Å². The first-order valence-corrected chi connectivity index (χ1v) is 4.43. The number of nitro groups is 1. The quantitative estimate of drug-likeness (QED) is 0.481. The Labute approximate surface area is 90.4 Å². The van der Waals surface area contributed by atoms with E-state index < -0.39 is 4.92 Å². The Morgan fingerprint density at radius 3 is 3.12 bits per heavy atom. The summed E-state index contributed by atoms with van der Waals surface area (Å²) in [6.07, 6.45) is 5.06. The summed E-state index contributed by atoms with van der Waals surface area (Å²) >= 11 is 0. The highest BCUT2D eigenvalue weighted by Crippen LogP contribution is 2.23. The maximum atomic E-state index is 10.5. The highest BCUT2D eigenvalue weighted by atomic mass is 16.6. The number of fused-ring (bicyclic) bond motifs is 1. The predicted octanol–water partition coefficient (Wildman–Crippen LogP) is 1.78. The van der Waals surface area contributed by atoms with E-state index in [1.165, 1.54) is 18.2 Å². The van der Waals surface area contributed by atoms with E-state index >= 15 is 0 Å². The molecule has 16 heavy (non-hydrogen) atoms. The number of hydrogen-bond acceptors (Lipinski definition) is 5. The summed E-state index contributed by atoms with van der Waals surface area (Å²) in [6.45, 7) is 0.287. The van der Waals surface area contributed by atoms with E-state index in [-0.39, 0.29) is 18.2 Å². The third-order valence-corrected chi connectivity index (χ3v) is 1.92. The van der Waals surface area contributed by atoms with E-state index in [1.54, 1.807) is 0 Å². The minimum absolute atomic E-state index is 0.0238. The lowest BCUT2D eigenvalue weighted by molar-refractivity contribution is -0.384. The standard InChI is InChI=1S/C10H7N3O3/c1-2-5-11-10-12-8-6-7(13(14)15)3-4-9(8)16-10/h1,3-4,6H,5H2,(H,11,12). The number of nitrogens with zero attached hydrogens (tertiary/aromatic N) is 2. The van der Waals surface area contributed by atoms with Gasteiger partial charge in [0.05, 0.1) is 11.5 Å². The summed E-state index contributed by atoms with van der Waals surface area (Å²) in [5, 5.41) is 13.3. The molecule has 0 aliphatic heterocycles. The maximum Gasteiger partial charge on any atom is 0.296 e. The second-order valence-corrected chi connectivity index (χ2v) is 2.99. The van der Waals surface area contributed by atoms with Crippen LogP contribution in [-0.2, 0) is 0 Å². The predicted molar refractivity (Wildman–Crippen MR) is 58.0 cm³/mol. The van der Waals surface area contributed by atoms with Crippen LogP contribution in [0.1, 0.15) is 0 Å². The molecule has 0 unspecified atom stereocenters. The van der Waals surface area contributed by atoms with Gasteiger partial charge in [-0.15, -0.1) is 6.42 Å². The van der Waals surface area contributed by atoms with Gasteiger partial charge in [-0.1, -0.05) is 5.92 Å². The zero-order valence-corrected chi connectivity index (χ0v) is 8.14. The number of terminal acetylenes is 1. The summed E-state index contributed by atoms with van der Waals surface area (Å²) in [4.78, 5) is 14.1. The topological polar surface area (TPSA) is 81.2 Å². The highest BCUT2D eigenvalue weighted by molar-refractivity contribution is 5.77. The lowest BCUT2D eigenvalue weighted by Crippen LogP contribution is -1.97. The van der Waals surface area contributed by atoms with Gasteiger partial charge in [0.15, 0.2) is 5.58 Å². The minimum Gasteiger partial charge on any atom is -0.424 e.